The summed E-state index contributed by atoms with van der Waals surface area (Å²) in [6, 6.07) is 10.1. The van der Waals surface area contributed by atoms with Gasteiger partial charge in [-0.1, -0.05) is 12.1 Å². The number of rotatable bonds is 3. The Balaban J connectivity index is 2.17. The number of aromatic nitrogens is 2. The first kappa shape index (κ1) is 13.2. The van der Waals surface area contributed by atoms with Crippen LogP contribution in [0.1, 0.15) is 17.0 Å². The summed E-state index contributed by atoms with van der Waals surface area (Å²) >= 11 is 0. The zero-order valence-corrected chi connectivity index (χ0v) is 11.8. The van der Waals surface area contributed by atoms with E-state index in [-0.39, 0.29) is 0 Å². The first-order valence-electron chi connectivity index (χ1n) is 6.18. The predicted octanol–water partition coefficient (Wildman–Crippen LogP) is 2.91. The molecule has 0 fully saturated rings. The molecule has 2 aromatic rings. The van der Waals surface area contributed by atoms with Crippen LogP contribution in [0, 0.1) is 13.8 Å². The van der Waals surface area contributed by atoms with Crippen LogP contribution in [0.5, 0.6) is 0 Å². The molecule has 0 amide bonds. The largest absolute Gasteiger partial charge is 0.378 e. The molecule has 0 unspecified atom stereocenters. The van der Waals surface area contributed by atoms with Crippen molar-refractivity contribution in [1.29, 1.82) is 0 Å². The summed E-state index contributed by atoms with van der Waals surface area (Å²) in [6.45, 7) is 3.89. The highest BCUT2D eigenvalue weighted by molar-refractivity contribution is 5.81. The van der Waals surface area contributed by atoms with Gasteiger partial charge in [0.05, 0.1) is 0 Å². The van der Waals surface area contributed by atoms with Crippen molar-refractivity contribution < 1.29 is 0 Å². The highest BCUT2D eigenvalue weighted by atomic mass is 15.1. The molecule has 0 aliphatic carbocycles. The quantitative estimate of drug-likeness (QED) is 0.791. The maximum absolute atomic E-state index is 4.31. The SMILES string of the molecule is Cc1cc(C)nc(N=Cc2ccc(N(C)C)cc2)n1. The van der Waals surface area contributed by atoms with Gasteiger partial charge in [-0.05, 0) is 37.6 Å². The van der Waals surface area contributed by atoms with Gasteiger partial charge in [-0.15, -0.1) is 0 Å². The lowest BCUT2D eigenvalue weighted by atomic mass is 10.2. The first-order valence-corrected chi connectivity index (χ1v) is 6.18. The Hall–Kier alpha value is -2.23. The van der Waals surface area contributed by atoms with Crippen LogP contribution in [0.4, 0.5) is 11.6 Å². The summed E-state index contributed by atoms with van der Waals surface area (Å²) in [5.74, 6) is 0.509. The van der Waals surface area contributed by atoms with Gasteiger partial charge < -0.3 is 4.90 Å². The molecule has 0 saturated carbocycles. The van der Waals surface area contributed by atoms with Gasteiger partial charge in [0.2, 0.25) is 5.95 Å². The number of hydrogen-bond donors (Lipinski definition) is 0. The van der Waals surface area contributed by atoms with E-state index in [4.69, 9.17) is 0 Å². The lowest BCUT2D eigenvalue weighted by Gasteiger charge is -2.11. The molecule has 0 saturated heterocycles. The molecule has 4 nitrogen and oxygen atoms in total. The van der Waals surface area contributed by atoms with Crippen LogP contribution in [-0.4, -0.2) is 30.3 Å². The molecule has 0 spiro atoms. The van der Waals surface area contributed by atoms with Crippen LogP contribution in [0.2, 0.25) is 0 Å². The van der Waals surface area contributed by atoms with E-state index in [1.54, 1.807) is 6.21 Å². The number of aryl methyl sites for hydroxylation is 2. The topological polar surface area (TPSA) is 41.4 Å². The third-order valence-corrected chi connectivity index (χ3v) is 2.71. The maximum atomic E-state index is 4.31. The van der Waals surface area contributed by atoms with Crippen molar-refractivity contribution in [3.63, 3.8) is 0 Å². The van der Waals surface area contributed by atoms with Crippen molar-refractivity contribution in [2.75, 3.05) is 19.0 Å². The lowest BCUT2D eigenvalue weighted by Crippen LogP contribution is -2.08. The van der Waals surface area contributed by atoms with Gasteiger partial charge in [0.15, 0.2) is 0 Å². The minimum absolute atomic E-state index is 0.509. The number of aliphatic imine (C=N–C) groups is 1. The molecule has 0 atom stereocenters. The van der Waals surface area contributed by atoms with Gasteiger partial charge in [0.25, 0.3) is 0 Å². The summed E-state index contributed by atoms with van der Waals surface area (Å²) in [6.07, 6.45) is 1.79. The zero-order valence-electron chi connectivity index (χ0n) is 11.8. The molecule has 2 rings (SSSR count). The van der Waals surface area contributed by atoms with Gasteiger partial charge in [0.1, 0.15) is 0 Å². The molecule has 1 aromatic carbocycles. The fourth-order valence-corrected chi connectivity index (χ4v) is 1.76. The molecule has 4 heteroatoms. The summed E-state index contributed by atoms with van der Waals surface area (Å²) in [7, 11) is 4.04. The third kappa shape index (κ3) is 3.61. The first-order chi connectivity index (χ1) is 9.04. The summed E-state index contributed by atoms with van der Waals surface area (Å²) < 4.78 is 0. The highest BCUT2D eigenvalue weighted by Gasteiger charge is 1.97. The lowest BCUT2D eigenvalue weighted by molar-refractivity contribution is 1.04. The third-order valence-electron chi connectivity index (χ3n) is 2.71. The highest BCUT2D eigenvalue weighted by Crippen LogP contribution is 2.12. The normalized spacial score (nSPS) is 10.9. The monoisotopic (exact) mass is 254 g/mol. The molecule has 0 radical (unpaired) electrons. The Morgan fingerprint density at radius 2 is 1.58 bits per heavy atom. The van der Waals surface area contributed by atoms with E-state index in [9.17, 15) is 0 Å². The van der Waals surface area contributed by atoms with Crippen LogP contribution >= 0.6 is 0 Å². The average Bonchev–Trinajstić information content (AvgIpc) is 2.36. The molecule has 0 aliphatic rings. The van der Waals surface area contributed by atoms with Crippen molar-refractivity contribution in [1.82, 2.24) is 9.97 Å². The summed E-state index contributed by atoms with van der Waals surface area (Å²) in [5, 5.41) is 0. The second-order valence-corrected chi connectivity index (χ2v) is 4.69. The fraction of sp³-hybridized carbons (Fsp3) is 0.267. The van der Waals surface area contributed by atoms with E-state index in [1.807, 2.05) is 46.1 Å². The van der Waals surface area contributed by atoms with Crippen molar-refractivity contribution in [3.8, 4) is 0 Å². The van der Waals surface area contributed by atoms with E-state index < -0.39 is 0 Å². The van der Waals surface area contributed by atoms with Crippen LogP contribution in [0.25, 0.3) is 0 Å². The minimum atomic E-state index is 0.509. The van der Waals surface area contributed by atoms with Crippen molar-refractivity contribution in [3.05, 3.63) is 47.3 Å². The Kier molecular flexibility index (Phi) is 3.90. The second-order valence-electron chi connectivity index (χ2n) is 4.69. The Bertz CT molecular complexity index is 565. The summed E-state index contributed by atoms with van der Waals surface area (Å²) in [4.78, 5) is 14.9. The number of benzene rings is 1. The zero-order chi connectivity index (χ0) is 13.8. The molecule has 0 N–H and O–H groups in total. The molecule has 98 valence electrons. The van der Waals surface area contributed by atoms with Crippen molar-refractivity contribution in [2.24, 2.45) is 4.99 Å². The number of nitrogens with zero attached hydrogens (tertiary/aromatic N) is 4. The average molecular weight is 254 g/mol. The standard InChI is InChI=1S/C15H18N4/c1-11-9-12(2)18-15(17-11)16-10-13-5-7-14(8-6-13)19(3)4/h5-10H,1-4H3. The van der Waals surface area contributed by atoms with E-state index in [0.29, 0.717) is 5.95 Å². The van der Waals surface area contributed by atoms with Crippen LogP contribution in [0.15, 0.2) is 35.3 Å². The van der Waals surface area contributed by atoms with Gasteiger partial charge in [-0.2, -0.15) is 0 Å². The van der Waals surface area contributed by atoms with Crippen LogP contribution in [0.3, 0.4) is 0 Å². The second kappa shape index (κ2) is 5.61. The molecule has 19 heavy (non-hydrogen) atoms. The Morgan fingerprint density at radius 1 is 1.00 bits per heavy atom. The van der Waals surface area contributed by atoms with E-state index >= 15 is 0 Å². The number of anilines is 1. The van der Waals surface area contributed by atoms with Crippen LogP contribution < -0.4 is 4.90 Å². The van der Waals surface area contributed by atoms with Gasteiger partial charge in [-0.25, -0.2) is 15.0 Å². The Labute approximate surface area is 113 Å². The van der Waals surface area contributed by atoms with Gasteiger partial charge in [-0.3, -0.25) is 0 Å². The van der Waals surface area contributed by atoms with Crippen molar-refractivity contribution in [2.45, 2.75) is 13.8 Å². The van der Waals surface area contributed by atoms with E-state index in [0.717, 1.165) is 17.0 Å². The van der Waals surface area contributed by atoms with E-state index in [1.165, 1.54) is 5.69 Å². The minimum Gasteiger partial charge on any atom is -0.378 e. The molecule has 0 bridgehead atoms. The molecule has 0 aliphatic heterocycles. The van der Waals surface area contributed by atoms with Crippen molar-refractivity contribution >= 4 is 17.9 Å². The van der Waals surface area contributed by atoms with Gasteiger partial charge in [0, 0.05) is 37.4 Å². The maximum Gasteiger partial charge on any atom is 0.249 e. The molecular formula is C15H18N4. The molecule has 1 heterocycles. The fourth-order valence-electron chi connectivity index (χ4n) is 1.76. The summed E-state index contributed by atoms with van der Waals surface area (Å²) in [5.41, 5.74) is 4.07. The predicted molar refractivity (Wildman–Crippen MR) is 79.5 cm³/mol. The molecule has 1 aromatic heterocycles. The van der Waals surface area contributed by atoms with E-state index in [2.05, 4.69) is 32.0 Å². The van der Waals surface area contributed by atoms with Gasteiger partial charge >= 0.3 is 0 Å². The van der Waals surface area contributed by atoms with Crippen LogP contribution in [-0.2, 0) is 0 Å². The smallest absolute Gasteiger partial charge is 0.249 e. The Morgan fingerprint density at radius 3 is 2.11 bits per heavy atom. The molecular weight excluding hydrogens is 236 g/mol. The number of hydrogen-bond acceptors (Lipinski definition) is 4.